The molecule has 33 heavy (non-hydrogen) atoms. The topological polar surface area (TPSA) is 115 Å². The van der Waals surface area contributed by atoms with Gasteiger partial charge in [-0.15, -0.1) is 0 Å². The average Bonchev–Trinajstić information content (AvgIpc) is 3.19. The summed E-state index contributed by atoms with van der Waals surface area (Å²) in [6.07, 6.45) is -1.44. The number of amides is 1. The van der Waals surface area contributed by atoms with E-state index in [1.807, 2.05) is 0 Å². The summed E-state index contributed by atoms with van der Waals surface area (Å²) in [5, 5.41) is 14.3. The van der Waals surface area contributed by atoms with E-state index < -0.39 is 23.8 Å². The van der Waals surface area contributed by atoms with E-state index in [-0.39, 0.29) is 6.54 Å². The molecule has 174 valence electrons. The number of ether oxygens (including phenoxy) is 2. The number of carbonyl (C=O) groups is 2. The molecule has 0 spiro atoms. The smallest absolute Gasteiger partial charge is 0.410 e. The third-order valence-corrected chi connectivity index (χ3v) is 4.53. The van der Waals surface area contributed by atoms with E-state index in [9.17, 15) is 14.7 Å². The van der Waals surface area contributed by atoms with Gasteiger partial charge in [0.05, 0.1) is 18.2 Å². The molecule has 0 aliphatic carbocycles. The normalized spacial score (nSPS) is 12.2. The summed E-state index contributed by atoms with van der Waals surface area (Å²) in [5.41, 5.74) is 1.04. The first kappa shape index (κ1) is 23.9. The number of likely N-dealkylation sites (N-methyl/N-ethyl adjacent to an activating group) is 1. The molecular weight excluding hydrogens is 426 g/mol. The molecule has 0 saturated carbocycles. The Balaban J connectivity index is 1.57. The standard InChI is InChI=1S/C24H27N3O6/c1-15-25-21(26-33-15)17-6-8-18(9-7-17)22(29)31-19-12-10-16(11-13-19)20(28)14-27(5)23(30)32-24(2,3)4/h6-13,20,28H,14H2,1-5H3. The van der Waals surface area contributed by atoms with Crippen molar-refractivity contribution in [1.29, 1.82) is 0 Å². The third kappa shape index (κ3) is 6.63. The Morgan fingerprint density at radius 2 is 1.73 bits per heavy atom. The Kier molecular flexibility index (Phi) is 7.13. The number of aliphatic hydroxyl groups is 1. The predicted octanol–water partition coefficient (Wildman–Crippen LogP) is 4.16. The fraction of sp³-hybridized carbons (Fsp3) is 0.333. The molecule has 3 aromatic rings. The van der Waals surface area contributed by atoms with Gasteiger partial charge in [-0.05, 0) is 50.6 Å². The second-order valence-electron chi connectivity index (χ2n) is 8.55. The van der Waals surface area contributed by atoms with Crippen LogP contribution in [0.1, 0.15) is 48.7 Å². The van der Waals surface area contributed by atoms with Crippen LogP contribution in [-0.2, 0) is 4.74 Å². The van der Waals surface area contributed by atoms with Crippen LogP contribution in [0.15, 0.2) is 53.1 Å². The summed E-state index contributed by atoms with van der Waals surface area (Å²) < 4.78 is 15.6. The number of benzene rings is 2. The van der Waals surface area contributed by atoms with Crippen LogP contribution in [-0.4, -0.2) is 51.4 Å². The van der Waals surface area contributed by atoms with Gasteiger partial charge in [0, 0.05) is 19.5 Å². The molecule has 9 nitrogen and oxygen atoms in total. The van der Waals surface area contributed by atoms with Gasteiger partial charge in [0.25, 0.3) is 0 Å². The predicted molar refractivity (Wildman–Crippen MR) is 120 cm³/mol. The summed E-state index contributed by atoms with van der Waals surface area (Å²) in [5.74, 6) is 0.704. The van der Waals surface area contributed by atoms with Gasteiger partial charge in [0.2, 0.25) is 11.7 Å². The first-order valence-electron chi connectivity index (χ1n) is 10.4. The maximum absolute atomic E-state index is 12.4. The largest absolute Gasteiger partial charge is 0.444 e. The molecule has 0 aliphatic heterocycles. The zero-order valence-corrected chi connectivity index (χ0v) is 19.2. The second kappa shape index (κ2) is 9.83. The Hall–Kier alpha value is -3.72. The first-order valence-corrected chi connectivity index (χ1v) is 10.4. The van der Waals surface area contributed by atoms with Gasteiger partial charge in [-0.1, -0.05) is 29.4 Å². The number of esters is 1. The number of nitrogens with zero attached hydrogens (tertiary/aromatic N) is 3. The zero-order valence-electron chi connectivity index (χ0n) is 19.2. The summed E-state index contributed by atoms with van der Waals surface area (Å²) in [6, 6.07) is 13.1. The molecule has 2 aromatic carbocycles. The number of carbonyl (C=O) groups excluding carboxylic acids is 2. The fourth-order valence-electron chi connectivity index (χ4n) is 2.88. The highest BCUT2D eigenvalue weighted by atomic mass is 16.6. The number of aryl methyl sites for hydroxylation is 1. The van der Waals surface area contributed by atoms with Crippen LogP contribution in [0.5, 0.6) is 5.75 Å². The fourth-order valence-corrected chi connectivity index (χ4v) is 2.88. The molecule has 1 aromatic heterocycles. The van der Waals surface area contributed by atoms with Crippen LogP contribution >= 0.6 is 0 Å². The third-order valence-electron chi connectivity index (χ3n) is 4.53. The van der Waals surface area contributed by atoms with Crippen molar-refractivity contribution < 1.29 is 28.7 Å². The lowest BCUT2D eigenvalue weighted by molar-refractivity contribution is 0.0205. The molecule has 0 fully saturated rings. The maximum atomic E-state index is 12.4. The van der Waals surface area contributed by atoms with Gasteiger partial charge in [-0.3, -0.25) is 0 Å². The van der Waals surface area contributed by atoms with Gasteiger partial charge in [0.1, 0.15) is 11.4 Å². The van der Waals surface area contributed by atoms with Crippen LogP contribution in [0.2, 0.25) is 0 Å². The monoisotopic (exact) mass is 453 g/mol. The van der Waals surface area contributed by atoms with Crippen molar-refractivity contribution >= 4 is 12.1 Å². The van der Waals surface area contributed by atoms with E-state index in [1.165, 1.54) is 4.90 Å². The van der Waals surface area contributed by atoms with Crippen LogP contribution in [0.4, 0.5) is 4.79 Å². The maximum Gasteiger partial charge on any atom is 0.410 e. The van der Waals surface area contributed by atoms with Crippen molar-refractivity contribution in [1.82, 2.24) is 15.0 Å². The Morgan fingerprint density at radius 1 is 1.09 bits per heavy atom. The average molecular weight is 453 g/mol. The zero-order chi connectivity index (χ0) is 24.2. The minimum absolute atomic E-state index is 0.0559. The van der Waals surface area contributed by atoms with E-state index >= 15 is 0 Å². The first-order chi connectivity index (χ1) is 15.5. The molecule has 1 atom stereocenters. The van der Waals surface area contributed by atoms with Gasteiger partial charge >= 0.3 is 12.1 Å². The molecule has 1 amide bonds. The van der Waals surface area contributed by atoms with Crippen molar-refractivity contribution in [2.75, 3.05) is 13.6 Å². The highest BCUT2D eigenvalue weighted by molar-refractivity contribution is 5.91. The summed E-state index contributed by atoms with van der Waals surface area (Å²) >= 11 is 0. The minimum Gasteiger partial charge on any atom is -0.444 e. The van der Waals surface area contributed by atoms with Crippen molar-refractivity contribution in [2.45, 2.75) is 39.4 Å². The van der Waals surface area contributed by atoms with Gasteiger partial charge in [-0.25, -0.2) is 9.59 Å². The number of hydrogen-bond acceptors (Lipinski definition) is 8. The van der Waals surface area contributed by atoms with Gasteiger partial charge in [-0.2, -0.15) is 4.98 Å². The number of aliphatic hydroxyl groups excluding tert-OH is 1. The van der Waals surface area contributed by atoms with E-state index in [1.54, 1.807) is 83.3 Å². The summed E-state index contributed by atoms with van der Waals surface area (Å²) in [6.45, 7) is 7.08. The van der Waals surface area contributed by atoms with Crippen molar-refractivity contribution in [2.24, 2.45) is 0 Å². The molecule has 3 rings (SSSR count). The molecule has 0 bridgehead atoms. The lowest BCUT2D eigenvalue weighted by Gasteiger charge is -2.26. The van der Waals surface area contributed by atoms with E-state index in [2.05, 4.69) is 10.1 Å². The Labute approximate surface area is 191 Å². The second-order valence-corrected chi connectivity index (χ2v) is 8.55. The van der Waals surface area contributed by atoms with Crippen molar-refractivity contribution in [3.05, 3.63) is 65.5 Å². The molecule has 0 aliphatic rings. The van der Waals surface area contributed by atoms with Gasteiger partial charge in [0.15, 0.2) is 0 Å². The number of rotatable bonds is 6. The van der Waals surface area contributed by atoms with E-state index in [0.717, 1.165) is 5.56 Å². The van der Waals surface area contributed by atoms with Crippen LogP contribution < -0.4 is 4.74 Å². The Morgan fingerprint density at radius 3 is 2.27 bits per heavy atom. The molecule has 9 heteroatoms. The highest BCUT2D eigenvalue weighted by Gasteiger charge is 2.22. The van der Waals surface area contributed by atoms with Crippen LogP contribution in [0, 0.1) is 6.92 Å². The molecule has 1 heterocycles. The van der Waals surface area contributed by atoms with E-state index in [0.29, 0.717) is 28.6 Å². The molecule has 1 unspecified atom stereocenters. The van der Waals surface area contributed by atoms with Crippen molar-refractivity contribution in [3.63, 3.8) is 0 Å². The van der Waals surface area contributed by atoms with Crippen LogP contribution in [0.3, 0.4) is 0 Å². The number of aromatic nitrogens is 2. The lowest BCUT2D eigenvalue weighted by atomic mass is 10.1. The summed E-state index contributed by atoms with van der Waals surface area (Å²) in [7, 11) is 1.55. The number of hydrogen-bond donors (Lipinski definition) is 1. The molecule has 0 saturated heterocycles. The van der Waals surface area contributed by atoms with E-state index in [4.69, 9.17) is 14.0 Å². The van der Waals surface area contributed by atoms with Gasteiger partial charge < -0.3 is 24.0 Å². The molecular formula is C24H27N3O6. The quantitative estimate of drug-likeness (QED) is 0.437. The van der Waals surface area contributed by atoms with Crippen LogP contribution in [0.25, 0.3) is 11.4 Å². The Bertz CT molecular complexity index is 1100. The molecule has 0 radical (unpaired) electrons. The lowest BCUT2D eigenvalue weighted by Crippen LogP contribution is -2.36. The highest BCUT2D eigenvalue weighted by Crippen LogP contribution is 2.21. The SMILES string of the molecule is Cc1nc(-c2ccc(C(=O)Oc3ccc(C(O)CN(C)C(=O)OC(C)(C)C)cc3)cc2)no1. The minimum atomic E-state index is -0.923. The molecule has 1 N–H and O–H groups in total. The van der Waals surface area contributed by atoms with Crippen molar-refractivity contribution in [3.8, 4) is 17.1 Å². The summed E-state index contributed by atoms with van der Waals surface area (Å²) in [4.78, 5) is 30.0.